The molecule has 0 bridgehead atoms. The smallest absolute Gasteiger partial charge is 0.339 e. The molecule has 5 nitrogen and oxygen atoms in total. The second-order valence-electron chi connectivity index (χ2n) is 3.64. The standard InChI is InChI=1S/C12H12N2O3/c1-7-5-8(17-2)3-4-9(7)11-10(12(15)16)6-13-14-11/h3-6H,1-2H3,(H,13,14)(H,15,16). The van der Waals surface area contributed by atoms with Crippen LogP contribution in [0.15, 0.2) is 24.4 Å². The van der Waals surface area contributed by atoms with Crippen LogP contribution < -0.4 is 4.74 Å². The quantitative estimate of drug-likeness (QED) is 0.849. The zero-order valence-electron chi connectivity index (χ0n) is 9.52. The normalized spacial score (nSPS) is 10.2. The molecule has 0 radical (unpaired) electrons. The lowest BCUT2D eigenvalue weighted by Crippen LogP contribution is -1.98. The van der Waals surface area contributed by atoms with E-state index in [-0.39, 0.29) is 5.56 Å². The van der Waals surface area contributed by atoms with Gasteiger partial charge in [-0.15, -0.1) is 0 Å². The SMILES string of the molecule is COc1ccc(-c2[nH]ncc2C(=O)O)c(C)c1. The molecule has 1 aromatic heterocycles. The van der Waals surface area contributed by atoms with E-state index in [0.29, 0.717) is 5.69 Å². The molecule has 2 rings (SSSR count). The summed E-state index contributed by atoms with van der Waals surface area (Å²) in [4.78, 5) is 11.0. The molecule has 1 heterocycles. The first-order valence-electron chi connectivity index (χ1n) is 5.05. The molecule has 0 aliphatic rings. The minimum absolute atomic E-state index is 0.165. The van der Waals surface area contributed by atoms with Crippen LogP contribution in [-0.2, 0) is 0 Å². The van der Waals surface area contributed by atoms with Crippen LogP contribution >= 0.6 is 0 Å². The summed E-state index contributed by atoms with van der Waals surface area (Å²) in [7, 11) is 1.59. The zero-order chi connectivity index (χ0) is 12.4. The number of aryl methyl sites for hydroxylation is 1. The first kappa shape index (κ1) is 11.2. The van der Waals surface area contributed by atoms with Crippen LogP contribution in [0, 0.1) is 6.92 Å². The third-order valence-electron chi connectivity index (χ3n) is 2.57. The molecule has 0 aliphatic carbocycles. The van der Waals surface area contributed by atoms with Gasteiger partial charge in [-0.1, -0.05) is 0 Å². The van der Waals surface area contributed by atoms with Gasteiger partial charge in [-0.05, 0) is 30.7 Å². The van der Waals surface area contributed by atoms with Gasteiger partial charge in [0.15, 0.2) is 0 Å². The highest BCUT2D eigenvalue weighted by atomic mass is 16.5. The number of methoxy groups -OCH3 is 1. The van der Waals surface area contributed by atoms with Gasteiger partial charge in [0.05, 0.1) is 19.0 Å². The summed E-state index contributed by atoms with van der Waals surface area (Å²) in [6, 6.07) is 5.45. The Bertz CT molecular complexity index is 561. The molecule has 0 spiro atoms. The number of hydrogen-bond acceptors (Lipinski definition) is 3. The number of aromatic carboxylic acids is 1. The van der Waals surface area contributed by atoms with Gasteiger partial charge in [0.1, 0.15) is 11.3 Å². The molecule has 0 amide bonds. The number of carbonyl (C=O) groups is 1. The lowest BCUT2D eigenvalue weighted by atomic mass is 10.0. The first-order chi connectivity index (χ1) is 8.13. The fourth-order valence-electron chi connectivity index (χ4n) is 1.70. The Morgan fingerprint density at radius 3 is 2.82 bits per heavy atom. The summed E-state index contributed by atoms with van der Waals surface area (Å²) in [5, 5.41) is 15.5. The molecule has 1 aromatic carbocycles. The van der Waals surface area contributed by atoms with E-state index in [9.17, 15) is 4.79 Å². The number of ether oxygens (including phenoxy) is 1. The molecule has 0 fully saturated rings. The number of hydrogen-bond donors (Lipinski definition) is 2. The number of nitrogens with one attached hydrogen (secondary N) is 1. The van der Waals surface area contributed by atoms with Gasteiger partial charge in [-0.2, -0.15) is 5.10 Å². The van der Waals surface area contributed by atoms with Crippen molar-refractivity contribution >= 4 is 5.97 Å². The predicted molar refractivity (Wildman–Crippen MR) is 62.3 cm³/mol. The van der Waals surface area contributed by atoms with Crippen molar-refractivity contribution in [1.82, 2.24) is 10.2 Å². The van der Waals surface area contributed by atoms with Crippen LogP contribution in [0.4, 0.5) is 0 Å². The molecular formula is C12H12N2O3. The molecule has 17 heavy (non-hydrogen) atoms. The van der Waals surface area contributed by atoms with Gasteiger partial charge in [0.2, 0.25) is 0 Å². The van der Waals surface area contributed by atoms with E-state index in [1.54, 1.807) is 13.2 Å². The van der Waals surface area contributed by atoms with Crippen molar-refractivity contribution < 1.29 is 14.6 Å². The Balaban J connectivity index is 2.53. The Kier molecular flexibility index (Phi) is 2.82. The average Bonchev–Trinajstić information content (AvgIpc) is 2.77. The first-order valence-corrected chi connectivity index (χ1v) is 5.05. The molecule has 88 valence electrons. The number of H-pyrrole nitrogens is 1. The molecule has 0 atom stereocenters. The van der Waals surface area contributed by atoms with Crippen molar-refractivity contribution in [2.75, 3.05) is 7.11 Å². The Morgan fingerprint density at radius 1 is 1.47 bits per heavy atom. The van der Waals surface area contributed by atoms with Crippen molar-refractivity contribution in [2.45, 2.75) is 6.92 Å². The number of aromatic amines is 1. The number of benzene rings is 1. The largest absolute Gasteiger partial charge is 0.497 e. The van der Waals surface area contributed by atoms with Gasteiger partial charge in [-0.3, -0.25) is 5.10 Å². The summed E-state index contributed by atoms with van der Waals surface area (Å²) in [5.74, 6) is -0.258. The van der Waals surface area contributed by atoms with Crippen molar-refractivity contribution in [3.05, 3.63) is 35.5 Å². The van der Waals surface area contributed by atoms with Gasteiger partial charge < -0.3 is 9.84 Å². The number of aromatic nitrogens is 2. The maximum absolute atomic E-state index is 11.0. The molecule has 2 N–H and O–H groups in total. The van der Waals surface area contributed by atoms with Gasteiger partial charge in [0, 0.05) is 5.56 Å². The summed E-state index contributed by atoms with van der Waals surface area (Å²) >= 11 is 0. The van der Waals surface area contributed by atoms with Crippen LogP contribution in [0.3, 0.4) is 0 Å². The van der Waals surface area contributed by atoms with E-state index in [0.717, 1.165) is 16.9 Å². The van der Waals surface area contributed by atoms with Gasteiger partial charge in [-0.25, -0.2) is 4.79 Å². The molecule has 0 unspecified atom stereocenters. The molecule has 0 aliphatic heterocycles. The Morgan fingerprint density at radius 2 is 2.24 bits per heavy atom. The van der Waals surface area contributed by atoms with E-state index < -0.39 is 5.97 Å². The summed E-state index contributed by atoms with van der Waals surface area (Å²) < 4.78 is 5.10. The zero-order valence-corrected chi connectivity index (χ0v) is 9.52. The highest BCUT2D eigenvalue weighted by molar-refractivity contribution is 5.95. The topological polar surface area (TPSA) is 75.2 Å². The lowest BCUT2D eigenvalue weighted by molar-refractivity contribution is 0.0698. The van der Waals surface area contributed by atoms with Crippen LogP contribution in [0.5, 0.6) is 5.75 Å². The molecule has 0 saturated heterocycles. The number of rotatable bonds is 3. The minimum Gasteiger partial charge on any atom is -0.497 e. The lowest BCUT2D eigenvalue weighted by Gasteiger charge is -2.07. The fraction of sp³-hybridized carbons (Fsp3) is 0.167. The monoisotopic (exact) mass is 232 g/mol. The van der Waals surface area contributed by atoms with E-state index in [1.807, 2.05) is 19.1 Å². The van der Waals surface area contributed by atoms with Crippen molar-refractivity contribution in [1.29, 1.82) is 0 Å². The van der Waals surface area contributed by atoms with E-state index in [4.69, 9.17) is 9.84 Å². The van der Waals surface area contributed by atoms with E-state index in [1.165, 1.54) is 6.20 Å². The maximum Gasteiger partial charge on any atom is 0.339 e. The van der Waals surface area contributed by atoms with Crippen molar-refractivity contribution in [3.63, 3.8) is 0 Å². The molecule has 0 saturated carbocycles. The highest BCUT2D eigenvalue weighted by Crippen LogP contribution is 2.27. The van der Waals surface area contributed by atoms with Crippen molar-refractivity contribution in [2.24, 2.45) is 0 Å². The Hall–Kier alpha value is -2.30. The summed E-state index contributed by atoms with van der Waals surface area (Å²) in [5.41, 5.74) is 2.41. The predicted octanol–water partition coefficient (Wildman–Crippen LogP) is 2.09. The summed E-state index contributed by atoms with van der Waals surface area (Å²) in [6.07, 6.45) is 1.31. The van der Waals surface area contributed by atoms with Crippen molar-refractivity contribution in [3.8, 4) is 17.0 Å². The van der Waals surface area contributed by atoms with Crippen LogP contribution in [0.1, 0.15) is 15.9 Å². The van der Waals surface area contributed by atoms with Gasteiger partial charge in [0.25, 0.3) is 0 Å². The van der Waals surface area contributed by atoms with E-state index in [2.05, 4.69) is 10.2 Å². The molecule has 2 aromatic rings. The van der Waals surface area contributed by atoms with Gasteiger partial charge >= 0.3 is 5.97 Å². The third kappa shape index (κ3) is 1.99. The molecule has 5 heteroatoms. The van der Waals surface area contributed by atoms with Crippen LogP contribution in [0.2, 0.25) is 0 Å². The van der Waals surface area contributed by atoms with Crippen LogP contribution in [-0.4, -0.2) is 28.4 Å². The number of carboxylic acids is 1. The number of carboxylic acid groups (broad SMARTS) is 1. The highest BCUT2D eigenvalue weighted by Gasteiger charge is 2.15. The maximum atomic E-state index is 11.0. The van der Waals surface area contributed by atoms with Crippen LogP contribution in [0.25, 0.3) is 11.3 Å². The summed E-state index contributed by atoms with van der Waals surface area (Å²) in [6.45, 7) is 1.89. The average molecular weight is 232 g/mol. The number of nitrogens with zero attached hydrogens (tertiary/aromatic N) is 1. The molecular weight excluding hydrogens is 220 g/mol. The second-order valence-corrected chi connectivity index (χ2v) is 3.64. The Labute approximate surface area is 98.0 Å². The third-order valence-corrected chi connectivity index (χ3v) is 2.57. The second kappa shape index (κ2) is 4.29. The van der Waals surface area contributed by atoms with E-state index >= 15 is 0 Å². The minimum atomic E-state index is -0.996. The fourth-order valence-corrected chi connectivity index (χ4v) is 1.70.